The summed E-state index contributed by atoms with van der Waals surface area (Å²) < 4.78 is 40.9. The van der Waals surface area contributed by atoms with Crippen molar-refractivity contribution >= 4 is 11.9 Å². The van der Waals surface area contributed by atoms with Crippen molar-refractivity contribution in [2.45, 2.75) is 12.6 Å². The minimum atomic E-state index is -4.83. The number of hydrogen-bond acceptors (Lipinski definition) is 3. The smallest absolute Gasteiger partial charge is 0.417 e. The molecule has 0 atom stereocenters. The number of amides is 1. The molecule has 2 rings (SSSR count). The Bertz CT molecular complexity index is 769. The second kappa shape index (κ2) is 6.73. The summed E-state index contributed by atoms with van der Waals surface area (Å²) in [4.78, 5) is 26.9. The van der Waals surface area contributed by atoms with E-state index in [0.717, 1.165) is 12.1 Å². The van der Waals surface area contributed by atoms with E-state index in [1.807, 2.05) is 0 Å². The lowest BCUT2D eigenvalue weighted by Gasteiger charge is -2.13. The van der Waals surface area contributed by atoms with E-state index in [2.05, 4.69) is 10.3 Å². The molecule has 0 unspecified atom stereocenters. The number of nitrogens with zero attached hydrogens (tertiary/aromatic N) is 2. The van der Waals surface area contributed by atoms with E-state index in [4.69, 9.17) is 5.11 Å². The van der Waals surface area contributed by atoms with Gasteiger partial charge in [-0.3, -0.25) is 4.79 Å². The first-order valence-corrected chi connectivity index (χ1v) is 6.88. The number of aromatic nitrogens is 2. The van der Waals surface area contributed by atoms with E-state index in [1.54, 1.807) is 24.1 Å². The molecule has 1 aromatic heterocycles. The summed E-state index contributed by atoms with van der Waals surface area (Å²) in [6.45, 7) is 0.105. The molecule has 2 N–H and O–H groups in total. The Morgan fingerprint density at radius 1 is 1.33 bits per heavy atom. The molecular weight excluding hydrogens is 327 g/mol. The van der Waals surface area contributed by atoms with Crippen molar-refractivity contribution in [3.63, 3.8) is 0 Å². The number of carboxylic acid groups (broad SMARTS) is 1. The number of carbonyl (C=O) groups excluding carboxylic acids is 1. The van der Waals surface area contributed by atoms with E-state index >= 15 is 0 Å². The number of aryl methyl sites for hydroxylation is 1. The molecule has 1 heterocycles. The van der Waals surface area contributed by atoms with Gasteiger partial charge in [-0.25, -0.2) is 9.78 Å². The van der Waals surface area contributed by atoms with Gasteiger partial charge < -0.3 is 15.0 Å². The number of aromatic carboxylic acids is 1. The van der Waals surface area contributed by atoms with Crippen LogP contribution in [-0.2, 0) is 19.6 Å². The van der Waals surface area contributed by atoms with Gasteiger partial charge in [-0.1, -0.05) is 0 Å². The van der Waals surface area contributed by atoms with Crippen LogP contribution in [0.15, 0.2) is 30.7 Å². The van der Waals surface area contributed by atoms with Gasteiger partial charge in [-0.15, -0.1) is 0 Å². The summed E-state index contributed by atoms with van der Waals surface area (Å²) >= 11 is 0. The van der Waals surface area contributed by atoms with E-state index in [1.165, 1.54) is 0 Å². The molecule has 0 fully saturated rings. The third kappa shape index (κ3) is 4.12. The average Bonchev–Trinajstić information content (AvgIpc) is 2.91. The molecule has 0 aliphatic carbocycles. The summed E-state index contributed by atoms with van der Waals surface area (Å²) in [5.41, 5.74) is -1.74. The van der Waals surface area contributed by atoms with Crippen molar-refractivity contribution in [2.24, 2.45) is 7.05 Å². The zero-order chi connectivity index (χ0) is 17.9. The maximum atomic E-state index is 13.1. The second-order valence-electron chi connectivity index (χ2n) is 5.10. The predicted molar refractivity (Wildman–Crippen MR) is 77.6 cm³/mol. The second-order valence-corrected chi connectivity index (χ2v) is 5.10. The van der Waals surface area contributed by atoms with Crippen LogP contribution in [0.4, 0.5) is 13.2 Å². The summed E-state index contributed by atoms with van der Waals surface area (Å²) in [5, 5.41) is 11.2. The molecule has 2 aromatic rings. The van der Waals surface area contributed by atoms with Crippen LogP contribution in [0.1, 0.15) is 32.0 Å². The Morgan fingerprint density at radius 2 is 2.04 bits per heavy atom. The van der Waals surface area contributed by atoms with Crippen LogP contribution in [-0.4, -0.2) is 33.1 Å². The highest BCUT2D eigenvalue weighted by Gasteiger charge is 2.36. The maximum absolute atomic E-state index is 13.1. The molecule has 9 heteroatoms. The SMILES string of the molecule is Cn1cnc(CCNC(=O)c2ccc(C(=O)O)cc2C(F)(F)F)c1. The lowest BCUT2D eigenvalue weighted by molar-refractivity contribution is -0.137. The Hall–Kier alpha value is -2.84. The number of halogens is 3. The van der Waals surface area contributed by atoms with Crippen LogP contribution in [0.3, 0.4) is 0 Å². The van der Waals surface area contributed by atoms with Crippen molar-refractivity contribution in [1.29, 1.82) is 0 Å². The molecule has 0 bridgehead atoms. The van der Waals surface area contributed by atoms with Crippen LogP contribution < -0.4 is 5.32 Å². The van der Waals surface area contributed by atoms with Crippen LogP contribution in [0.5, 0.6) is 0 Å². The molecule has 0 aliphatic rings. The van der Waals surface area contributed by atoms with Gasteiger partial charge in [-0.05, 0) is 18.2 Å². The molecule has 0 spiro atoms. The molecule has 1 amide bonds. The molecule has 128 valence electrons. The zero-order valence-corrected chi connectivity index (χ0v) is 12.6. The van der Waals surface area contributed by atoms with Gasteiger partial charge in [0.15, 0.2) is 0 Å². The molecule has 24 heavy (non-hydrogen) atoms. The van der Waals surface area contributed by atoms with E-state index < -0.39 is 34.7 Å². The van der Waals surface area contributed by atoms with E-state index in [-0.39, 0.29) is 6.54 Å². The fourth-order valence-corrected chi connectivity index (χ4v) is 2.11. The largest absolute Gasteiger partial charge is 0.478 e. The Labute approximate surface area is 134 Å². The molecule has 0 aliphatic heterocycles. The van der Waals surface area contributed by atoms with Gasteiger partial charge in [-0.2, -0.15) is 13.2 Å². The molecule has 0 saturated heterocycles. The lowest BCUT2D eigenvalue weighted by Crippen LogP contribution is -2.28. The summed E-state index contributed by atoms with van der Waals surface area (Å²) in [5.74, 6) is -2.42. The van der Waals surface area contributed by atoms with Gasteiger partial charge >= 0.3 is 12.1 Å². The number of nitrogens with one attached hydrogen (secondary N) is 1. The minimum Gasteiger partial charge on any atom is -0.478 e. The van der Waals surface area contributed by atoms with Gasteiger partial charge in [0.1, 0.15) is 0 Å². The number of benzene rings is 1. The van der Waals surface area contributed by atoms with Crippen LogP contribution >= 0.6 is 0 Å². The fraction of sp³-hybridized carbons (Fsp3) is 0.267. The molecular formula is C15H14F3N3O3. The Balaban J connectivity index is 2.14. The standard InChI is InChI=1S/C15H14F3N3O3/c1-21-7-10(20-8-21)4-5-19-13(22)11-3-2-9(14(23)24)6-12(11)15(16,17)18/h2-3,6-8H,4-5H2,1H3,(H,19,22)(H,23,24). The van der Waals surface area contributed by atoms with Crippen LogP contribution in [0.2, 0.25) is 0 Å². The highest BCUT2D eigenvalue weighted by molar-refractivity contribution is 5.97. The number of carboxylic acids is 1. The van der Waals surface area contributed by atoms with Crippen molar-refractivity contribution in [1.82, 2.24) is 14.9 Å². The minimum absolute atomic E-state index is 0.105. The third-order valence-corrected chi connectivity index (χ3v) is 3.24. The number of rotatable bonds is 5. The van der Waals surface area contributed by atoms with Gasteiger partial charge in [0.05, 0.1) is 28.7 Å². The number of carbonyl (C=O) groups is 2. The zero-order valence-electron chi connectivity index (χ0n) is 12.6. The fourth-order valence-electron chi connectivity index (χ4n) is 2.11. The number of hydrogen-bond donors (Lipinski definition) is 2. The molecule has 6 nitrogen and oxygen atoms in total. The third-order valence-electron chi connectivity index (χ3n) is 3.24. The maximum Gasteiger partial charge on any atom is 0.417 e. The monoisotopic (exact) mass is 341 g/mol. The van der Waals surface area contributed by atoms with Crippen LogP contribution in [0, 0.1) is 0 Å². The highest BCUT2D eigenvalue weighted by atomic mass is 19.4. The van der Waals surface area contributed by atoms with Crippen molar-refractivity contribution in [3.8, 4) is 0 Å². The van der Waals surface area contributed by atoms with E-state index in [0.29, 0.717) is 18.2 Å². The average molecular weight is 341 g/mol. The first-order chi connectivity index (χ1) is 11.2. The number of alkyl halides is 3. The molecule has 0 saturated carbocycles. The quantitative estimate of drug-likeness (QED) is 0.872. The molecule has 1 aromatic carbocycles. The summed E-state index contributed by atoms with van der Waals surface area (Å²) in [7, 11) is 1.77. The van der Waals surface area contributed by atoms with Crippen molar-refractivity contribution < 1.29 is 27.9 Å². The topological polar surface area (TPSA) is 84.2 Å². The normalized spacial score (nSPS) is 11.3. The number of imidazole rings is 1. The van der Waals surface area contributed by atoms with Gasteiger partial charge in [0, 0.05) is 26.2 Å². The van der Waals surface area contributed by atoms with Crippen LogP contribution in [0.25, 0.3) is 0 Å². The first kappa shape index (κ1) is 17.5. The predicted octanol–water partition coefficient (Wildman–Crippen LogP) is 2.11. The van der Waals surface area contributed by atoms with E-state index in [9.17, 15) is 22.8 Å². The summed E-state index contributed by atoms with van der Waals surface area (Å²) in [6.07, 6.45) is -1.17. The Kier molecular flexibility index (Phi) is 4.91. The van der Waals surface area contributed by atoms with Crippen molar-refractivity contribution in [2.75, 3.05) is 6.54 Å². The van der Waals surface area contributed by atoms with Crippen molar-refractivity contribution in [3.05, 3.63) is 53.1 Å². The molecule has 0 radical (unpaired) electrons. The lowest BCUT2D eigenvalue weighted by atomic mass is 10.0. The first-order valence-electron chi connectivity index (χ1n) is 6.88. The highest BCUT2D eigenvalue weighted by Crippen LogP contribution is 2.32. The Morgan fingerprint density at radius 3 is 2.58 bits per heavy atom. The van der Waals surface area contributed by atoms with Gasteiger partial charge in [0.2, 0.25) is 0 Å². The van der Waals surface area contributed by atoms with Gasteiger partial charge in [0.25, 0.3) is 5.91 Å². The summed E-state index contributed by atoms with van der Waals surface area (Å²) in [6, 6.07) is 2.28.